The van der Waals surface area contributed by atoms with Crippen LogP contribution in [-0.4, -0.2) is 29.8 Å². The summed E-state index contributed by atoms with van der Waals surface area (Å²) >= 11 is 0. The van der Waals surface area contributed by atoms with Crippen molar-refractivity contribution < 1.29 is 13.6 Å². The van der Waals surface area contributed by atoms with Gasteiger partial charge in [0.25, 0.3) is 6.43 Å². The third-order valence-corrected chi connectivity index (χ3v) is 3.60. The first kappa shape index (κ1) is 10.8. The third kappa shape index (κ3) is 2.29. The van der Waals surface area contributed by atoms with E-state index in [9.17, 15) is 13.6 Å². The minimum Gasteiger partial charge on any atom is -0.334 e. The highest BCUT2D eigenvalue weighted by Gasteiger charge is 2.36. The molecule has 0 aromatic rings. The Balaban J connectivity index is 1.87. The first-order valence-corrected chi connectivity index (χ1v) is 5.76. The molecule has 86 valence electrons. The van der Waals surface area contributed by atoms with Crippen LogP contribution in [0.5, 0.6) is 0 Å². The molecule has 0 radical (unpaired) electrons. The highest BCUT2D eigenvalue weighted by atomic mass is 19.3. The first-order valence-electron chi connectivity index (χ1n) is 5.76. The predicted molar refractivity (Wildman–Crippen MR) is 52.7 cm³/mol. The van der Waals surface area contributed by atoms with Crippen molar-refractivity contribution >= 4 is 5.91 Å². The highest BCUT2D eigenvalue weighted by Crippen LogP contribution is 2.32. The molecule has 1 aliphatic heterocycles. The molecule has 2 nitrogen and oxygen atoms in total. The average Bonchev–Trinajstić information content (AvgIpc) is 2.59. The van der Waals surface area contributed by atoms with E-state index in [1.165, 1.54) is 11.3 Å². The maximum atomic E-state index is 12.6. The smallest absolute Gasteiger partial charge is 0.258 e. The van der Waals surface area contributed by atoms with Crippen LogP contribution in [0.1, 0.15) is 38.5 Å². The van der Waals surface area contributed by atoms with Crippen LogP contribution in [-0.2, 0) is 4.79 Å². The van der Waals surface area contributed by atoms with Gasteiger partial charge >= 0.3 is 0 Å². The molecule has 0 bridgehead atoms. The van der Waals surface area contributed by atoms with Crippen molar-refractivity contribution in [1.82, 2.24) is 4.90 Å². The van der Waals surface area contributed by atoms with Crippen molar-refractivity contribution in [3.8, 4) is 0 Å². The minimum atomic E-state index is -2.38. The summed E-state index contributed by atoms with van der Waals surface area (Å²) in [5, 5.41) is 0. The molecule has 0 unspecified atom stereocenters. The van der Waals surface area contributed by atoms with Gasteiger partial charge in [-0.3, -0.25) is 4.79 Å². The Morgan fingerprint density at radius 1 is 1.27 bits per heavy atom. The van der Waals surface area contributed by atoms with Gasteiger partial charge in [0.15, 0.2) is 0 Å². The fraction of sp³-hybridized carbons (Fsp3) is 0.909. The summed E-state index contributed by atoms with van der Waals surface area (Å²) in [6.45, 7) is 0.528. The Morgan fingerprint density at radius 2 is 2.00 bits per heavy atom. The van der Waals surface area contributed by atoms with Gasteiger partial charge < -0.3 is 4.90 Å². The quantitative estimate of drug-likeness (QED) is 0.711. The van der Waals surface area contributed by atoms with E-state index in [2.05, 4.69) is 0 Å². The molecule has 1 aliphatic carbocycles. The second-order valence-electron chi connectivity index (χ2n) is 4.63. The zero-order chi connectivity index (χ0) is 10.8. The molecule has 4 heteroatoms. The number of carbonyl (C=O) groups is 1. The lowest BCUT2D eigenvalue weighted by Gasteiger charge is -2.29. The fourth-order valence-electron chi connectivity index (χ4n) is 2.43. The van der Waals surface area contributed by atoms with Gasteiger partial charge in [-0.1, -0.05) is 6.42 Å². The number of hydrogen-bond donors (Lipinski definition) is 0. The number of halogens is 2. The lowest BCUT2D eigenvalue weighted by atomic mass is 9.82. The van der Waals surface area contributed by atoms with Crippen molar-refractivity contribution in [2.24, 2.45) is 5.92 Å². The number of carbonyl (C=O) groups excluding carboxylic acids is 1. The van der Waals surface area contributed by atoms with Gasteiger partial charge in [0.2, 0.25) is 5.91 Å². The van der Waals surface area contributed by atoms with Crippen molar-refractivity contribution in [1.29, 1.82) is 0 Å². The van der Waals surface area contributed by atoms with Gasteiger partial charge in [0.05, 0.1) is 6.04 Å². The normalized spacial score (nSPS) is 27.1. The first-order chi connectivity index (χ1) is 7.18. The predicted octanol–water partition coefficient (Wildman–Crippen LogP) is 2.43. The van der Waals surface area contributed by atoms with Crippen LogP contribution in [0.25, 0.3) is 0 Å². The number of amides is 1. The van der Waals surface area contributed by atoms with Crippen LogP contribution in [0, 0.1) is 5.92 Å². The number of hydrogen-bond acceptors (Lipinski definition) is 1. The van der Waals surface area contributed by atoms with Crippen molar-refractivity contribution in [3.63, 3.8) is 0 Å². The van der Waals surface area contributed by atoms with E-state index in [0.29, 0.717) is 25.3 Å². The summed E-state index contributed by atoms with van der Waals surface area (Å²) in [4.78, 5) is 13.2. The van der Waals surface area contributed by atoms with Gasteiger partial charge in [-0.2, -0.15) is 0 Å². The summed E-state index contributed by atoms with van der Waals surface area (Å²) in [5.41, 5.74) is 0. The van der Waals surface area contributed by atoms with E-state index in [1.54, 1.807) is 0 Å². The largest absolute Gasteiger partial charge is 0.334 e. The van der Waals surface area contributed by atoms with Crippen LogP contribution in [0.15, 0.2) is 0 Å². The Kier molecular flexibility index (Phi) is 3.22. The SMILES string of the molecule is O=C(CC1CCC1)N1CCC[C@@H]1C(F)F. The summed E-state index contributed by atoms with van der Waals surface area (Å²) in [7, 11) is 0. The molecule has 0 spiro atoms. The Hall–Kier alpha value is -0.670. The van der Waals surface area contributed by atoms with Gasteiger partial charge in [0, 0.05) is 13.0 Å². The van der Waals surface area contributed by atoms with E-state index in [1.807, 2.05) is 0 Å². The topological polar surface area (TPSA) is 20.3 Å². The van der Waals surface area contributed by atoms with Crippen molar-refractivity contribution in [2.45, 2.75) is 51.0 Å². The maximum absolute atomic E-state index is 12.6. The van der Waals surface area contributed by atoms with Crippen molar-refractivity contribution in [3.05, 3.63) is 0 Å². The van der Waals surface area contributed by atoms with Crippen LogP contribution in [0.4, 0.5) is 8.78 Å². The molecule has 1 amide bonds. The van der Waals surface area contributed by atoms with E-state index in [4.69, 9.17) is 0 Å². The molecular formula is C11H17F2NO. The molecule has 1 atom stereocenters. The van der Waals surface area contributed by atoms with Crippen molar-refractivity contribution in [2.75, 3.05) is 6.54 Å². The molecule has 1 saturated heterocycles. The average molecular weight is 217 g/mol. The highest BCUT2D eigenvalue weighted by molar-refractivity contribution is 5.77. The summed E-state index contributed by atoms with van der Waals surface area (Å²) in [6, 6.07) is -0.808. The standard InChI is InChI=1S/C11H17F2NO/c12-11(13)9-5-2-6-14(9)10(15)7-8-3-1-4-8/h8-9,11H,1-7H2/t9-/m1/s1. The van der Waals surface area contributed by atoms with Crippen LogP contribution < -0.4 is 0 Å². The van der Waals surface area contributed by atoms with Gasteiger partial charge in [-0.15, -0.1) is 0 Å². The monoisotopic (exact) mass is 217 g/mol. The molecule has 2 aliphatic rings. The van der Waals surface area contributed by atoms with E-state index < -0.39 is 12.5 Å². The lowest BCUT2D eigenvalue weighted by Crippen LogP contribution is -2.40. The van der Waals surface area contributed by atoms with E-state index in [0.717, 1.165) is 19.3 Å². The van der Waals surface area contributed by atoms with Gasteiger partial charge in [0.1, 0.15) is 0 Å². The molecule has 0 aromatic carbocycles. The van der Waals surface area contributed by atoms with Crippen LogP contribution in [0.3, 0.4) is 0 Å². The second-order valence-corrected chi connectivity index (χ2v) is 4.63. The summed E-state index contributed by atoms with van der Waals surface area (Å²) < 4.78 is 25.2. The molecular weight excluding hydrogens is 200 g/mol. The van der Waals surface area contributed by atoms with E-state index >= 15 is 0 Å². The molecule has 0 aromatic heterocycles. The van der Waals surface area contributed by atoms with Crippen LogP contribution in [0.2, 0.25) is 0 Å². The van der Waals surface area contributed by atoms with Gasteiger partial charge in [-0.25, -0.2) is 8.78 Å². The fourth-order valence-corrected chi connectivity index (χ4v) is 2.43. The Morgan fingerprint density at radius 3 is 2.53 bits per heavy atom. The molecule has 0 N–H and O–H groups in total. The Labute approximate surface area is 88.6 Å². The van der Waals surface area contributed by atoms with Crippen LogP contribution >= 0.6 is 0 Å². The molecule has 2 fully saturated rings. The molecule has 1 heterocycles. The Bertz CT molecular complexity index is 241. The zero-order valence-corrected chi connectivity index (χ0v) is 8.79. The number of alkyl halides is 2. The molecule has 15 heavy (non-hydrogen) atoms. The summed E-state index contributed by atoms with van der Waals surface area (Å²) in [6.07, 6.45) is 2.69. The molecule has 2 rings (SSSR count). The minimum absolute atomic E-state index is 0.0532. The zero-order valence-electron chi connectivity index (χ0n) is 8.79. The van der Waals surface area contributed by atoms with E-state index in [-0.39, 0.29) is 5.91 Å². The maximum Gasteiger partial charge on any atom is 0.258 e. The summed E-state index contributed by atoms with van der Waals surface area (Å²) in [5.74, 6) is 0.416. The van der Waals surface area contributed by atoms with Gasteiger partial charge in [-0.05, 0) is 31.6 Å². The molecule has 1 saturated carbocycles. The second kappa shape index (κ2) is 4.45. The third-order valence-electron chi connectivity index (χ3n) is 3.60. The number of nitrogens with zero attached hydrogens (tertiary/aromatic N) is 1. The lowest BCUT2D eigenvalue weighted by molar-refractivity contribution is -0.136. The number of rotatable bonds is 3. The number of likely N-dealkylation sites (tertiary alicyclic amines) is 1.